The van der Waals surface area contributed by atoms with Crippen molar-refractivity contribution in [1.29, 1.82) is 0 Å². The SMILES string of the molecule is COc1ccc(C)cc1NC(=O)N1Cc2c(sc3c2CCCC3)-n2cccc2[C@H]1c1ccc(C)cc1. The van der Waals surface area contributed by atoms with Crippen molar-refractivity contribution in [3.8, 4) is 10.8 Å². The number of aromatic nitrogens is 1. The highest BCUT2D eigenvalue weighted by Gasteiger charge is 2.36. The van der Waals surface area contributed by atoms with E-state index in [0.717, 1.165) is 29.7 Å². The van der Waals surface area contributed by atoms with E-state index in [0.29, 0.717) is 18.0 Å². The lowest BCUT2D eigenvalue weighted by atomic mass is 9.95. The number of methoxy groups -OCH3 is 1. The molecule has 0 fully saturated rings. The van der Waals surface area contributed by atoms with Crippen molar-refractivity contribution in [2.24, 2.45) is 0 Å². The maximum Gasteiger partial charge on any atom is 0.323 e. The summed E-state index contributed by atoms with van der Waals surface area (Å²) in [4.78, 5) is 17.6. The Morgan fingerprint density at radius 1 is 1.00 bits per heavy atom. The second kappa shape index (κ2) is 9.17. The van der Waals surface area contributed by atoms with Crippen LogP contribution in [0.4, 0.5) is 10.5 Å². The number of nitrogens with zero attached hydrogens (tertiary/aromatic N) is 2. The lowest BCUT2D eigenvalue weighted by Gasteiger charge is -2.31. The number of carbonyl (C=O) groups excluding carboxylic acids is 1. The van der Waals surface area contributed by atoms with Crippen molar-refractivity contribution in [3.63, 3.8) is 0 Å². The first kappa shape index (κ1) is 22.9. The predicted molar refractivity (Wildman–Crippen MR) is 146 cm³/mol. The summed E-state index contributed by atoms with van der Waals surface area (Å²) >= 11 is 1.91. The second-order valence-corrected chi connectivity index (χ2v) is 11.0. The Hall–Kier alpha value is -3.51. The van der Waals surface area contributed by atoms with Gasteiger partial charge in [0.2, 0.25) is 0 Å². The molecule has 0 bridgehead atoms. The summed E-state index contributed by atoms with van der Waals surface area (Å²) in [5, 5.41) is 4.46. The first-order chi connectivity index (χ1) is 17.5. The Kier molecular flexibility index (Phi) is 5.84. The zero-order valence-corrected chi connectivity index (χ0v) is 21.8. The molecule has 2 aromatic carbocycles. The number of rotatable bonds is 3. The van der Waals surface area contributed by atoms with E-state index in [1.54, 1.807) is 7.11 Å². The summed E-state index contributed by atoms with van der Waals surface area (Å²) in [6, 6.07) is 18.4. The largest absolute Gasteiger partial charge is 0.495 e. The molecule has 3 heterocycles. The van der Waals surface area contributed by atoms with Crippen LogP contribution in [-0.4, -0.2) is 22.6 Å². The number of thiophene rings is 1. The lowest BCUT2D eigenvalue weighted by molar-refractivity contribution is 0.194. The Morgan fingerprint density at radius 3 is 2.58 bits per heavy atom. The van der Waals surface area contributed by atoms with Gasteiger partial charge < -0.3 is 19.5 Å². The van der Waals surface area contributed by atoms with Gasteiger partial charge in [0.1, 0.15) is 10.8 Å². The summed E-state index contributed by atoms with van der Waals surface area (Å²) in [6.07, 6.45) is 6.84. The van der Waals surface area contributed by atoms with Crippen molar-refractivity contribution in [2.75, 3.05) is 12.4 Å². The quantitative estimate of drug-likeness (QED) is 0.326. The highest BCUT2D eigenvalue weighted by molar-refractivity contribution is 7.15. The van der Waals surface area contributed by atoms with Crippen molar-refractivity contribution in [3.05, 3.63) is 99.2 Å². The summed E-state index contributed by atoms with van der Waals surface area (Å²) in [7, 11) is 1.64. The molecule has 2 amide bonds. The van der Waals surface area contributed by atoms with Gasteiger partial charge >= 0.3 is 6.03 Å². The number of ether oxygens (including phenoxy) is 1. The Morgan fingerprint density at radius 2 is 1.78 bits per heavy atom. The second-order valence-electron chi connectivity index (χ2n) is 9.87. The Labute approximate surface area is 216 Å². The number of nitrogens with one attached hydrogen (secondary N) is 1. The third-order valence-electron chi connectivity index (χ3n) is 7.43. The average Bonchev–Trinajstić information content (AvgIpc) is 3.47. The molecule has 0 saturated carbocycles. The van der Waals surface area contributed by atoms with Gasteiger partial charge in [-0.3, -0.25) is 0 Å². The number of anilines is 1. The molecule has 4 aromatic rings. The van der Waals surface area contributed by atoms with E-state index in [9.17, 15) is 4.79 Å². The number of hydrogen-bond donors (Lipinski definition) is 1. The third kappa shape index (κ3) is 3.90. The van der Waals surface area contributed by atoms with E-state index in [-0.39, 0.29) is 12.1 Å². The number of carbonyl (C=O) groups is 1. The monoisotopic (exact) mass is 497 g/mol. The molecule has 6 heteroatoms. The minimum atomic E-state index is -0.213. The zero-order chi connectivity index (χ0) is 24.8. The highest BCUT2D eigenvalue weighted by Crippen LogP contribution is 2.44. The smallest absolute Gasteiger partial charge is 0.323 e. The molecule has 0 radical (unpaired) electrons. The van der Waals surface area contributed by atoms with Crippen LogP contribution in [0.1, 0.15) is 57.3 Å². The topological polar surface area (TPSA) is 46.5 Å². The molecule has 0 spiro atoms. The van der Waals surface area contributed by atoms with Crippen molar-refractivity contribution in [2.45, 2.75) is 52.1 Å². The number of urea groups is 1. The van der Waals surface area contributed by atoms with Crippen LogP contribution in [0.25, 0.3) is 5.00 Å². The zero-order valence-electron chi connectivity index (χ0n) is 21.0. The first-order valence-corrected chi connectivity index (χ1v) is 13.4. The molecular formula is C30H31N3O2S. The van der Waals surface area contributed by atoms with Gasteiger partial charge in [-0.2, -0.15) is 0 Å². The van der Waals surface area contributed by atoms with Gasteiger partial charge in [0.05, 0.1) is 31.1 Å². The number of amides is 2. The van der Waals surface area contributed by atoms with Gasteiger partial charge in [0, 0.05) is 16.6 Å². The number of aryl methyl sites for hydroxylation is 3. The van der Waals surface area contributed by atoms with Crippen LogP contribution in [-0.2, 0) is 19.4 Å². The molecule has 6 rings (SSSR count). The maximum atomic E-state index is 14.1. The number of benzene rings is 2. The van der Waals surface area contributed by atoms with E-state index < -0.39 is 0 Å². The van der Waals surface area contributed by atoms with Gasteiger partial charge in [0.15, 0.2) is 0 Å². The van der Waals surface area contributed by atoms with E-state index in [1.807, 2.05) is 41.4 Å². The summed E-state index contributed by atoms with van der Waals surface area (Å²) in [6.45, 7) is 4.69. The van der Waals surface area contributed by atoms with E-state index >= 15 is 0 Å². The average molecular weight is 498 g/mol. The van der Waals surface area contributed by atoms with Crippen LogP contribution in [0.5, 0.6) is 5.75 Å². The first-order valence-electron chi connectivity index (χ1n) is 12.6. The van der Waals surface area contributed by atoms with Crippen LogP contribution in [0.2, 0.25) is 0 Å². The molecule has 5 nitrogen and oxygen atoms in total. The minimum absolute atomic E-state index is 0.124. The Balaban J connectivity index is 1.49. The van der Waals surface area contributed by atoms with Crippen LogP contribution in [0, 0.1) is 13.8 Å². The molecule has 1 N–H and O–H groups in total. The molecule has 184 valence electrons. The van der Waals surface area contributed by atoms with Crippen LogP contribution < -0.4 is 10.1 Å². The number of hydrogen-bond acceptors (Lipinski definition) is 3. The highest BCUT2D eigenvalue weighted by atomic mass is 32.1. The standard InChI is InChI=1S/C30H31N3O2S/c1-19-10-13-21(14-11-19)28-25-8-6-16-32(25)29-23(22-7-4-5-9-27(22)36-29)18-33(28)30(34)31-24-17-20(2)12-15-26(24)35-3/h6,8,10-17,28H,4-5,7,9,18H2,1-3H3,(H,31,34)/t28-/m1/s1. The molecule has 2 aliphatic rings. The molecular weight excluding hydrogens is 466 g/mol. The lowest BCUT2D eigenvalue weighted by Crippen LogP contribution is -2.38. The summed E-state index contributed by atoms with van der Waals surface area (Å²) in [5.74, 6) is 0.660. The van der Waals surface area contributed by atoms with Crippen molar-refractivity contribution >= 4 is 23.1 Å². The fraction of sp³-hybridized carbons (Fsp3) is 0.300. The van der Waals surface area contributed by atoms with E-state index in [2.05, 4.69) is 59.4 Å². The molecule has 36 heavy (non-hydrogen) atoms. The van der Waals surface area contributed by atoms with Crippen LogP contribution in [0.3, 0.4) is 0 Å². The maximum absolute atomic E-state index is 14.1. The Bertz CT molecular complexity index is 1430. The van der Waals surface area contributed by atoms with Crippen molar-refractivity contribution in [1.82, 2.24) is 9.47 Å². The van der Waals surface area contributed by atoms with Gasteiger partial charge in [-0.05, 0) is 80.5 Å². The van der Waals surface area contributed by atoms with Gasteiger partial charge in [-0.1, -0.05) is 35.9 Å². The van der Waals surface area contributed by atoms with Gasteiger partial charge in [0.25, 0.3) is 0 Å². The van der Waals surface area contributed by atoms with E-state index in [4.69, 9.17) is 4.74 Å². The van der Waals surface area contributed by atoms with E-state index in [1.165, 1.54) is 39.4 Å². The predicted octanol–water partition coefficient (Wildman–Crippen LogP) is 7.18. The molecule has 0 saturated heterocycles. The molecule has 0 unspecified atom stereocenters. The fourth-order valence-electron chi connectivity index (χ4n) is 5.59. The molecule has 1 aliphatic heterocycles. The van der Waals surface area contributed by atoms with Gasteiger partial charge in [-0.15, -0.1) is 11.3 Å². The van der Waals surface area contributed by atoms with Crippen LogP contribution in [0.15, 0.2) is 60.8 Å². The molecule has 2 aromatic heterocycles. The van der Waals surface area contributed by atoms with Crippen molar-refractivity contribution < 1.29 is 9.53 Å². The molecule has 1 aliphatic carbocycles. The molecule has 1 atom stereocenters. The van der Waals surface area contributed by atoms with Gasteiger partial charge in [-0.25, -0.2) is 4.79 Å². The summed E-state index contributed by atoms with van der Waals surface area (Å²) < 4.78 is 7.89. The fourth-order valence-corrected chi connectivity index (χ4v) is 7.00. The normalized spacial score (nSPS) is 16.5. The minimum Gasteiger partial charge on any atom is -0.495 e. The number of fused-ring (bicyclic) bond motifs is 5. The third-order valence-corrected chi connectivity index (χ3v) is 8.76. The van der Waals surface area contributed by atoms with Crippen LogP contribution >= 0.6 is 11.3 Å². The summed E-state index contributed by atoms with van der Waals surface area (Å²) in [5.41, 5.74) is 7.94.